The van der Waals surface area contributed by atoms with Crippen molar-refractivity contribution in [3.63, 3.8) is 0 Å². The van der Waals surface area contributed by atoms with Crippen LogP contribution in [0.15, 0.2) is 66.7 Å². The highest BCUT2D eigenvalue weighted by molar-refractivity contribution is 6.32. The number of nitrogens with one attached hydrogen (secondary N) is 1. The van der Waals surface area contributed by atoms with E-state index in [1.807, 2.05) is 17.0 Å². The van der Waals surface area contributed by atoms with Crippen molar-refractivity contribution in [3.05, 3.63) is 88.4 Å². The molecule has 0 saturated carbocycles. The molecule has 3 aromatic carbocycles. The Labute approximate surface area is 235 Å². The maximum Gasteiger partial charge on any atom is 0.227 e. The third-order valence-electron chi connectivity index (χ3n) is 8.15. The maximum atomic E-state index is 14.0. The summed E-state index contributed by atoms with van der Waals surface area (Å²) < 4.78 is 11.7. The molecule has 1 saturated heterocycles. The maximum absolute atomic E-state index is 14.0. The van der Waals surface area contributed by atoms with Crippen LogP contribution in [0, 0.1) is 0 Å². The van der Waals surface area contributed by atoms with Gasteiger partial charge >= 0.3 is 0 Å². The molecule has 2 atom stereocenters. The van der Waals surface area contributed by atoms with Gasteiger partial charge in [0.05, 0.1) is 24.7 Å². The van der Waals surface area contributed by atoms with Crippen LogP contribution in [-0.4, -0.2) is 54.1 Å². The van der Waals surface area contributed by atoms with Crippen LogP contribution in [-0.2, 0) is 24.3 Å². The van der Waals surface area contributed by atoms with Crippen LogP contribution in [0.1, 0.15) is 42.4 Å². The van der Waals surface area contributed by atoms with Gasteiger partial charge in [-0.05, 0) is 54.2 Å². The highest BCUT2D eigenvalue weighted by atomic mass is 35.5. The Hall–Kier alpha value is -3.22. The molecule has 6 nitrogen and oxygen atoms in total. The van der Waals surface area contributed by atoms with E-state index in [1.54, 1.807) is 0 Å². The number of fused-ring (bicyclic) bond motifs is 4. The fourth-order valence-corrected chi connectivity index (χ4v) is 6.45. The molecule has 3 aliphatic heterocycles. The molecule has 1 fully saturated rings. The first-order valence-electron chi connectivity index (χ1n) is 14.1. The van der Waals surface area contributed by atoms with Crippen LogP contribution < -0.4 is 14.8 Å². The number of para-hydroxylation sites is 1. The number of rotatable bonds is 4. The summed E-state index contributed by atoms with van der Waals surface area (Å²) in [5, 5.41) is 4.17. The first-order chi connectivity index (χ1) is 19.1. The van der Waals surface area contributed by atoms with Gasteiger partial charge in [0, 0.05) is 50.4 Å². The lowest BCUT2D eigenvalue weighted by molar-refractivity contribution is -0.132. The second kappa shape index (κ2) is 11.9. The number of ether oxygens (including phenoxy) is 2. The summed E-state index contributed by atoms with van der Waals surface area (Å²) in [6, 6.07) is 23.6. The van der Waals surface area contributed by atoms with Crippen LogP contribution in [0.5, 0.6) is 11.5 Å². The van der Waals surface area contributed by atoms with Gasteiger partial charge in [-0.3, -0.25) is 9.69 Å². The van der Waals surface area contributed by atoms with E-state index in [0.717, 1.165) is 55.6 Å². The van der Waals surface area contributed by atoms with Crippen molar-refractivity contribution in [2.24, 2.45) is 0 Å². The molecule has 1 amide bonds. The third kappa shape index (κ3) is 6.02. The van der Waals surface area contributed by atoms with Crippen molar-refractivity contribution in [1.82, 2.24) is 9.80 Å². The van der Waals surface area contributed by atoms with E-state index in [0.29, 0.717) is 54.9 Å². The zero-order valence-electron chi connectivity index (χ0n) is 22.3. The Kier molecular flexibility index (Phi) is 7.93. The molecular weight excluding hydrogens is 510 g/mol. The van der Waals surface area contributed by atoms with Crippen molar-refractivity contribution < 1.29 is 14.3 Å². The number of carbonyl (C=O) groups excluding carboxylic acids is 1. The van der Waals surface area contributed by atoms with Gasteiger partial charge in [0.25, 0.3) is 0 Å². The Morgan fingerprint density at radius 2 is 1.72 bits per heavy atom. The number of hydrogen-bond acceptors (Lipinski definition) is 5. The highest BCUT2D eigenvalue weighted by Gasteiger charge is 2.35. The molecule has 39 heavy (non-hydrogen) atoms. The van der Waals surface area contributed by atoms with E-state index >= 15 is 0 Å². The van der Waals surface area contributed by atoms with Gasteiger partial charge in [-0.15, -0.1) is 0 Å². The van der Waals surface area contributed by atoms with E-state index in [4.69, 9.17) is 21.1 Å². The van der Waals surface area contributed by atoms with Gasteiger partial charge < -0.3 is 19.7 Å². The van der Waals surface area contributed by atoms with E-state index in [-0.39, 0.29) is 12.3 Å². The Balaban J connectivity index is 1.28. The monoisotopic (exact) mass is 545 g/mol. The van der Waals surface area contributed by atoms with Gasteiger partial charge in [-0.2, -0.15) is 0 Å². The predicted octanol–water partition coefficient (Wildman–Crippen LogP) is 5.92. The molecule has 6 rings (SSSR count). The van der Waals surface area contributed by atoms with E-state index in [1.165, 1.54) is 5.56 Å². The van der Waals surface area contributed by atoms with Crippen LogP contribution >= 0.6 is 11.6 Å². The topological polar surface area (TPSA) is 54.0 Å². The molecule has 7 heteroatoms. The fourth-order valence-electron chi connectivity index (χ4n) is 6.16. The van der Waals surface area contributed by atoms with Crippen LogP contribution in [0.3, 0.4) is 0 Å². The van der Waals surface area contributed by atoms with Crippen LogP contribution in [0.25, 0.3) is 0 Å². The van der Waals surface area contributed by atoms with Gasteiger partial charge in [0.2, 0.25) is 5.91 Å². The molecule has 3 heterocycles. The highest BCUT2D eigenvalue weighted by Crippen LogP contribution is 2.38. The summed E-state index contributed by atoms with van der Waals surface area (Å²) in [5.41, 5.74) is 4.43. The summed E-state index contributed by atoms with van der Waals surface area (Å²) >= 11 is 6.56. The molecule has 2 bridgehead atoms. The zero-order chi connectivity index (χ0) is 26.6. The van der Waals surface area contributed by atoms with Crippen molar-refractivity contribution in [2.75, 3.05) is 31.6 Å². The number of anilines is 1. The minimum atomic E-state index is 0.0951. The number of hydrogen-bond donors (Lipinski definition) is 1. The summed E-state index contributed by atoms with van der Waals surface area (Å²) in [6.07, 6.45) is 4.41. The van der Waals surface area contributed by atoms with Crippen molar-refractivity contribution in [2.45, 2.75) is 57.3 Å². The van der Waals surface area contributed by atoms with Crippen molar-refractivity contribution in [3.8, 4) is 11.5 Å². The first kappa shape index (κ1) is 26.0. The van der Waals surface area contributed by atoms with E-state index in [2.05, 4.69) is 64.8 Å². The largest absolute Gasteiger partial charge is 0.489 e. The third-order valence-corrected chi connectivity index (χ3v) is 8.43. The molecule has 3 aliphatic rings. The summed E-state index contributed by atoms with van der Waals surface area (Å²) in [4.78, 5) is 18.7. The van der Waals surface area contributed by atoms with Crippen molar-refractivity contribution in [1.29, 1.82) is 0 Å². The molecular formula is C32H36ClN3O3. The molecule has 0 radical (unpaired) electrons. The quantitative estimate of drug-likeness (QED) is 0.441. The average molecular weight is 546 g/mol. The lowest BCUT2D eigenvalue weighted by Crippen LogP contribution is -2.45. The van der Waals surface area contributed by atoms with Gasteiger partial charge in [-0.25, -0.2) is 0 Å². The number of halogens is 1. The molecule has 1 N–H and O–H groups in total. The normalized spacial score (nSPS) is 21.3. The number of benzene rings is 3. The second-order valence-corrected chi connectivity index (χ2v) is 11.2. The Bertz CT molecular complexity index is 1300. The zero-order valence-corrected chi connectivity index (χ0v) is 23.0. The molecule has 0 spiro atoms. The Morgan fingerprint density at radius 1 is 0.923 bits per heavy atom. The average Bonchev–Trinajstić information content (AvgIpc) is 3.13. The number of amides is 1. The first-order valence-corrected chi connectivity index (χ1v) is 14.5. The summed E-state index contributed by atoms with van der Waals surface area (Å²) in [6.45, 7) is 4.26. The van der Waals surface area contributed by atoms with Gasteiger partial charge in [0.1, 0.15) is 0 Å². The smallest absolute Gasteiger partial charge is 0.227 e. The van der Waals surface area contributed by atoms with Gasteiger partial charge in [-0.1, -0.05) is 60.1 Å². The molecule has 0 aromatic heterocycles. The standard InChI is InChI=1S/C32H36ClN3O3/c33-28-17-24(18-30-32(28)39-16-6-15-38-30)19-31(37)35-21-25-9-4-5-10-29(25)34-14-13-26-11-12-27(22-35)36(26)20-23-7-2-1-3-8-23/h1-5,7-10,17-18,26-27,34H,6,11-16,19-22H2/t26-,27+/m0/s1. The van der Waals surface area contributed by atoms with Crippen molar-refractivity contribution >= 4 is 23.2 Å². The minimum absolute atomic E-state index is 0.0951. The van der Waals surface area contributed by atoms with Gasteiger partial charge in [0.15, 0.2) is 11.5 Å². The van der Waals surface area contributed by atoms with E-state index < -0.39 is 0 Å². The lowest BCUT2D eigenvalue weighted by atomic mass is 10.1. The SMILES string of the molecule is O=C(Cc1cc(Cl)c2c(c1)OCCCO2)N1Cc2ccccc2NCC[C@@H]2CC[C@H](C1)N2Cc1ccccc1. The summed E-state index contributed by atoms with van der Waals surface area (Å²) in [5.74, 6) is 1.30. The lowest BCUT2D eigenvalue weighted by Gasteiger charge is -2.34. The van der Waals surface area contributed by atoms with Crippen LogP contribution in [0.4, 0.5) is 5.69 Å². The molecule has 3 aromatic rings. The molecule has 204 valence electrons. The molecule has 0 unspecified atom stereocenters. The predicted molar refractivity (Wildman–Crippen MR) is 155 cm³/mol. The molecule has 0 aliphatic carbocycles. The number of nitrogens with zero attached hydrogens (tertiary/aromatic N) is 2. The Morgan fingerprint density at radius 3 is 2.62 bits per heavy atom. The fraction of sp³-hybridized carbons (Fsp3) is 0.406. The van der Waals surface area contributed by atoms with Crippen LogP contribution in [0.2, 0.25) is 5.02 Å². The van der Waals surface area contributed by atoms with E-state index in [9.17, 15) is 4.79 Å². The second-order valence-electron chi connectivity index (χ2n) is 10.8. The summed E-state index contributed by atoms with van der Waals surface area (Å²) in [7, 11) is 0. The number of carbonyl (C=O) groups is 1. The minimum Gasteiger partial charge on any atom is -0.489 e.